The van der Waals surface area contributed by atoms with Crippen LogP contribution >= 0.6 is 11.3 Å². The highest BCUT2D eigenvalue weighted by atomic mass is 32.1. The van der Waals surface area contributed by atoms with E-state index < -0.39 is 0 Å². The zero-order valence-electron chi connectivity index (χ0n) is 9.12. The number of hydrogen-bond acceptors (Lipinski definition) is 3. The fourth-order valence-electron chi connectivity index (χ4n) is 1.21. The first-order chi connectivity index (χ1) is 6.70. The molecule has 2 nitrogen and oxygen atoms in total. The van der Waals surface area contributed by atoms with E-state index in [1.54, 1.807) is 11.3 Å². The zero-order chi connectivity index (χ0) is 10.4. The maximum absolute atomic E-state index is 5.45. The van der Waals surface area contributed by atoms with Crippen LogP contribution in [0.15, 0.2) is 17.5 Å². The lowest BCUT2D eigenvalue weighted by Gasteiger charge is -2.13. The van der Waals surface area contributed by atoms with Gasteiger partial charge in [-0.25, -0.2) is 0 Å². The van der Waals surface area contributed by atoms with Gasteiger partial charge in [0, 0.05) is 17.5 Å². The molecule has 0 saturated carbocycles. The monoisotopic (exact) mass is 213 g/mol. The Balaban J connectivity index is 2.13. The summed E-state index contributed by atoms with van der Waals surface area (Å²) in [6.45, 7) is 8.00. The van der Waals surface area contributed by atoms with E-state index in [0.29, 0.717) is 12.1 Å². The summed E-state index contributed by atoms with van der Waals surface area (Å²) in [5.74, 6) is 0. The van der Waals surface area contributed by atoms with Gasteiger partial charge in [0.25, 0.3) is 0 Å². The lowest BCUT2D eigenvalue weighted by Crippen LogP contribution is -2.23. The lowest BCUT2D eigenvalue weighted by molar-refractivity contribution is 0.0797. The van der Waals surface area contributed by atoms with Gasteiger partial charge in [-0.1, -0.05) is 6.07 Å². The van der Waals surface area contributed by atoms with E-state index in [9.17, 15) is 0 Å². The molecule has 3 heteroatoms. The van der Waals surface area contributed by atoms with Crippen LogP contribution in [0.5, 0.6) is 0 Å². The predicted molar refractivity (Wildman–Crippen MR) is 61.8 cm³/mol. The predicted octanol–water partition coefficient (Wildman–Crippen LogP) is 2.82. The van der Waals surface area contributed by atoms with Gasteiger partial charge in [0.1, 0.15) is 0 Å². The van der Waals surface area contributed by atoms with Crippen LogP contribution in [0, 0.1) is 0 Å². The molecule has 1 heterocycles. The third kappa shape index (κ3) is 4.22. The Morgan fingerprint density at radius 3 is 2.79 bits per heavy atom. The summed E-state index contributed by atoms with van der Waals surface area (Å²) in [7, 11) is 0. The molecule has 0 spiro atoms. The summed E-state index contributed by atoms with van der Waals surface area (Å²) in [5.41, 5.74) is 0. The molecule has 14 heavy (non-hydrogen) atoms. The summed E-state index contributed by atoms with van der Waals surface area (Å²) >= 11 is 1.79. The van der Waals surface area contributed by atoms with E-state index in [-0.39, 0.29) is 0 Å². The van der Waals surface area contributed by atoms with Crippen LogP contribution < -0.4 is 5.32 Å². The van der Waals surface area contributed by atoms with Gasteiger partial charge in [0.2, 0.25) is 0 Å². The van der Waals surface area contributed by atoms with Crippen molar-refractivity contribution in [2.24, 2.45) is 0 Å². The summed E-state index contributed by atoms with van der Waals surface area (Å²) in [6.07, 6.45) is 0.328. The van der Waals surface area contributed by atoms with E-state index in [2.05, 4.69) is 43.6 Å². The lowest BCUT2D eigenvalue weighted by atomic mass is 10.3. The summed E-state index contributed by atoms with van der Waals surface area (Å²) in [6, 6.07) is 4.68. The van der Waals surface area contributed by atoms with Crippen molar-refractivity contribution in [2.45, 2.75) is 32.9 Å². The van der Waals surface area contributed by atoms with Crippen LogP contribution in [0.1, 0.15) is 31.7 Å². The van der Waals surface area contributed by atoms with E-state index in [1.807, 2.05) is 0 Å². The molecule has 1 aromatic heterocycles. The van der Waals surface area contributed by atoms with Crippen molar-refractivity contribution in [3.63, 3.8) is 0 Å². The van der Waals surface area contributed by atoms with Crippen molar-refractivity contribution in [1.29, 1.82) is 0 Å². The molecule has 0 radical (unpaired) electrons. The molecule has 0 aliphatic heterocycles. The standard InChI is InChI=1S/C11H19NOS/c1-9(2)13-7-6-12-10(3)11-5-4-8-14-11/h4-5,8-10,12H,6-7H2,1-3H3. The van der Waals surface area contributed by atoms with Crippen LogP contribution in [-0.2, 0) is 4.74 Å². The van der Waals surface area contributed by atoms with Crippen LogP contribution in [-0.4, -0.2) is 19.3 Å². The topological polar surface area (TPSA) is 21.3 Å². The molecule has 1 N–H and O–H groups in total. The van der Waals surface area contributed by atoms with Crippen molar-refractivity contribution in [3.8, 4) is 0 Å². The molecule has 0 aromatic carbocycles. The van der Waals surface area contributed by atoms with Crippen LogP contribution in [0.2, 0.25) is 0 Å². The van der Waals surface area contributed by atoms with Crippen molar-refractivity contribution in [2.75, 3.05) is 13.2 Å². The highest BCUT2D eigenvalue weighted by molar-refractivity contribution is 7.10. The van der Waals surface area contributed by atoms with Crippen LogP contribution in [0.3, 0.4) is 0 Å². The minimum atomic E-state index is 0.328. The normalized spacial score (nSPS) is 13.4. The maximum atomic E-state index is 5.45. The zero-order valence-corrected chi connectivity index (χ0v) is 9.93. The first kappa shape index (κ1) is 11.7. The molecule has 0 aliphatic carbocycles. The average Bonchev–Trinajstić information content (AvgIpc) is 2.64. The van der Waals surface area contributed by atoms with E-state index in [0.717, 1.165) is 13.2 Å². The molecule has 1 aromatic rings. The Bertz CT molecular complexity index is 233. The molecule has 1 rings (SSSR count). The van der Waals surface area contributed by atoms with Gasteiger partial charge in [-0.05, 0) is 32.2 Å². The van der Waals surface area contributed by atoms with Gasteiger partial charge in [-0.2, -0.15) is 0 Å². The summed E-state index contributed by atoms with van der Waals surface area (Å²) in [4.78, 5) is 1.38. The Morgan fingerprint density at radius 2 is 2.21 bits per heavy atom. The number of ether oxygens (including phenoxy) is 1. The summed E-state index contributed by atoms with van der Waals surface area (Å²) in [5, 5.41) is 5.54. The van der Waals surface area contributed by atoms with Gasteiger partial charge in [0.05, 0.1) is 12.7 Å². The third-order valence-corrected chi connectivity index (χ3v) is 3.03. The Labute approximate surface area is 90.3 Å². The van der Waals surface area contributed by atoms with Gasteiger partial charge in [-0.15, -0.1) is 11.3 Å². The van der Waals surface area contributed by atoms with Crippen molar-refractivity contribution in [3.05, 3.63) is 22.4 Å². The molecule has 0 saturated heterocycles. The highest BCUT2D eigenvalue weighted by Gasteiger charge is 2.04. The average molecular weight is 213 g/mol. The minimum Gasteiger partial charge on any atom is -0.377 e. The van der Waals surface area contributed by atoms with Crippen LogP contribution in [0.25, 0.3) is 0 Å². The smallest absolute Gasteiger partial charge is 0.0594 e. The van der Waals surface area contributed by atoms with Crippen molar-refractivity contribution < 1.29 is 4.74 Å². The quantitative estimate of drug-likeness (QED) is 0.734. The van der Waals surface area contributed by atoms with E-state index in [4.69, 9.17) is 4.74 Å². The third-order valence-electron chi connectivity index (χ3n) is 1.97. The number of nitrogens with one attached hydrogen (secondary N) is 1. The largest absolute Gasteiger partial charge is 0.377 e. The fraction of sp³-hybridized carbons (Fsp3) is 0.636. The second kappa shape index (κ2) is 6.17. The van der Waals surface area contributed by atoms with Gasteiger partial charge in [0.15, 0.2) is 0 Å². The van der Waals surface area contributed by atoms with Crippen molar-refractivity contribution >= 4 is 11.3 Å². The van der Waals surface area contributed by atoms with Gasteiger partial charge in [-0.3, -0.25) is 0 Å². The highest BCUT2D eigenvalue weighted by Crippen LogP contribution is 2.17. The Hall–Kier alpha value is -0.380. The molecule has 0 fully saturated rings. The second-order valence-corrected chi connectivity index (χ2v) is 4.59. The number of rotatable bonds is 6. The molecule has 0 bridgehead atoms. The Kier molecular flexibility index (Phi) is 5.15. The fourth-order valence-corrected chi connectivity index (χ4v) is 1.97. The van der Waals surface area contributed by atoms with Gasteiger partial charge < -0.3 is 10.1 Å². The first-order valence-electron chi connectivity index (χ1n) is 5.08. The second-order valence-electron chi connectivity index (χ2n) is 3.61. The van der Waals surface area contributed by atoms with Gasteiger partial charge >= 0.3 is 0 Å². The minimum absolute atomic E-state index is 0.328. The molecular weight excluding hydrogens is 194 g/mol. The van der Waals surface area contributed by atoms with E-state index >= 15 is 0 Å². The molecule has 0 amide bonds. The Morgan fingerprint density at radius 1 is 1.43 bits per heavy atom. The molecule has 1 unspecified atom stereocenters. The SMILES string of the molecule is CC(C)OCCNC(C)c1cccs1. The molecule has 1 atom stereocenters. The molecule has 80 valence electrons. The number of thiophene rings is 1. The number of hydrogen-bond donors (Lipinski definition) is 1. The van der Waals surface area contributed by atoms with Crippen LogP contribution in [0.4, 0.5) is 0 Å². The molecule has 0 aliphatic rings. The summed E-state index contributed by atoms with van der Waals surface area (Å²) < 4.78 is 5.45. The maximum Gasteiger partial charge on any atom is 0.0594 e. The van der Waals surface area contributed by atoms with Crippen molar-refractivity contribution in [1.82, 2.24) is 5.32 Å². The first-order valence-corrected chi connectivity index (χ1v) is 5.96. The van der Waals surface area contributed by atoms with E-state index in [1.165, 1.54) is 4.88 Å². The molecular formula is C11H19NOS.